The Labute approximate surface area is 129 Å². The van der Waals surface area contributed by atoms with Crippen LogP contribution in [0.2, 0.25) is 0 Å². The van der Waals surface area contributed by atoms with Gasteiger partial charge in [0.15, 0.2) is 0 Å². The van der Waals surface area contributed by atoms with Crippen molar-refractivity contribution in [3.63, 3.8) is 0 Å². The van der Waals surface area contributed by atoms with Crippen LogP contribution in [0.15, 0.2) is 48.5 Å². The van der Waals surface area contributed by atoms with Crippen LogP contribution < -0.4 is 0 Å². The third-order valence-electron chi connectivity index (χ3n) is 3.49. The van der Waals surface area contributed by atoms with Crippen molar-refractivity contribution in [3.8, 4) is 11.1 Å². The predicted molar refractivity (Wildman–Crippen MR) is 83.8 cm³/mol. The number of benzene rings is 2. The van der Waals surface area contributed by atoms with Crippen molar-refractivity contribution >= 4 is 11.9 Å². The fourth-order valence-electron chi connectivity index (χ4n) is 2.47. The molecule has 3 rings (SSSR count). The fraction of sp³-hybridized carbons (Fsp3) is 0.222. The van der Waals surface area contributed by atoms with E-state index in [1.807, 2.05) is 0 Å². The van der Waals surface area contributed by atoms with E-state index in [1.165, 1.54) is 22.3 Å². The van der Waals surface area contributed by atoms with E-state index in [1.54, 1.807) is 0 Å². The topological polar surface area (TPSA) is 74.6 Å². The third kappa shape index (κ3) is 4.19. The molecule has 4 nitrogen and oxygen atoms in total. The Morgan fingerprint density at radius 3 is 1.59 bits per heavy atom. The number of carboxylic acids is 2. The molecule has 0 spiro atoms. The van der Waals surface area contributed by atoms with Crippen LogP contribution in [0.25, 0.3) is 11.1 Å². The first-order valence-electron chi connectivity index (χ1n) is 7.17. The molecule has 0 radical (unpaired) electrons. The summed E-state index contributed by atoms with van der Waals surface area (Å²) in [6, 6.07) is 17.3. The lowest BCUT2D eigenvalue weighted by molar-refractivity contribution is -0.138. The zero-order valence-electron chi connectivity index (χ0n) is 12.2. The number of hydrogen-bond donors (Lipinski definition) is 2. The zero-order valence-corrected chi connectivity index (χ0v) is 12.2. The molecule has 0 aromatic heterocycles. The smallest absolute Gasteiger partial charge is 0.303 e. The van der Waals surface area contributed by atoms with E-state index in [9.17, 15) is 9.59 Å². The van der Waals surface area contributed by atoms with Crippen LogP contribution in [-0.4, -0.2) is 22.2 Å². The standard InChI is InChI=1S/C13H10.C5H8O4/c1-3-7-12-10(5-1)9-11-6-2-4-8-13(11)12;6-4(7)2-1-3-5(8)9/h1-8H,9H2;1-3H2,(H,6,7)(H,8,9). The van der Waals surface area contributed by atoms with Crippen LogP contribution in [0.4, 0.5) is 0 Å². The van der Waals surface area contributed by atoms with Gasteiger partial charge in [0.25, 0.3) is 0 Å². The molecule has 22 heavy (non-hydrogen) atoms. The molecule has 0 heterocycles. The maximum atomic E-state index is 9.79. The van der Waals surface area contributed by atoms with Crippen molar-refractivity contribution in [1.82, 2.24) is 0 Å². The highest BCUT2D eigenvalue weighted by atomic mass is 16.4. The maximum absolute atomic E-state index is 9.79. The van der Waals surface area contributed by atoms with Gasteiger partial charge in [-0.2, -0.15) is 0 Å². The summed E-state index contributed by atoms with van der Waals surface area (Å²) in [5.74, 6) is -1.90. The lowest BCUT2D eigenvalue weighted by atomic mass is 10.1. The van der Waals surface area contributed by atoms with Crippen LogP contribution >= 0.6 is 0 Å². The molecule has 114 valence electrons. The Hall–Kier alpha value is -2.62. The number of hydrogen-bond acceptors (Lipinski definition) is 2. The zero-order chi connectivity index (χ0) is 15.9. The van der Waals surface area contributed by atoms with E-state index in [0.29, 0.717) is 0 Å². The largest absolute Gasteiger partial charge is 0.481 e. The molecule has 2 N–H and O–H groups in total. The second-order valence-electron chi connectivity index (χ2n) is 5.13. The van der Waals surface area contributed by atoms with Gasteiger partial charge in [-0.15, -0.1) is 0 Å². The molecule has 0 amide bonds. The number of rotatable bonds is 4. The van der Waals surface area contributed by atoms with Crippen molar-refractivity contribution in [1.29, 1.82) is 0 Å². The molecular weight excluding hydrogens is 280 g/mol. The molecule has 1 aliphatic rings. The highest BCUT2D eigenvalue weighted by Gasteiger charge is 2.15. The summed E-state index contributed by atoms with van der Waals surface area (Å²) in [4.78, 5) is 19.6. The van der Waals surface area contributed by atoms with E-state index in [0.717, 1.165) is 6.42 Å². The minimum Gasteiger partial charge on any atom is -0.481 e. The molecule has 0 saturated carbocycles. The average Bonchev–Trinajstić information content (AvgIpc) is 2.86. The van der Waals surface area contributed by atoms with Gasteiger partial charge in [-0.25, -0.2) is 0 Å². The van der Waals surface area contributed by atoms with Crippen LogP contribution in [0.1, 0.15) is 30.4 Å². The van der Waals surface area contributed by atoms with Gasteiger partial charge in [-0.1, -0.05) is 48.5 Å². The number of aliphatic carboxylic acids is 2. The van der Waals surface area contributed by atoms with Crippen LogP contribution in [0, 0.1) is 0 Å². The first kappa shape index (κ1) is 15.8. The third-order valence-corrected chi connectivity index (χ3v) is 3.49. The molecule has 0 saturated heterocycles. The molecule has 0 unspecified atom stereocenters. The van der Waals surface area contributed by atoms with Crippen molar-refractivity contribution in [2.24, 2.45) is 0 Å². The van der Waals surface area contributed by atoms with Gasteiger partial charge in [-0.05, 0) is 35.1 Å². The quantitative estimate of drug-likeness (QED) is 0.772. The normalized spacial score (nSPS) is 10.9. The predicted octanol–water partition coefficient (Wildman–Crippen LogP) is 3.58. The van der Waals surface area contributed by atoms with Crippen molar-refractivity contribution in [2.45, 2.75) is 25.7 Å². The summed E-state index contributed by atoms with van der Waals surface area (Å²) < 4.78 is 0. The summed E-state index contributed by atoms with van der Waals surface area (Å²) in [5.41, 5.74) is 5.75. The SMILES string of the molecule is O=C(O)CCCC(=O)O.c1ccc2c(c1)Cc1ccccc1-2. The maximum Gasteiger partial charge on any atom is 0.303 e. The summed E-state index contributed by atoms with van der Waals surface area (Å²) in [6.45, 7) is 0. The summed E-state index contributed by atoms with van der Waals surface area (Å²) >= 11 is 0. The van der Waals surface area contributed by atoms with Crippen LogP contribution in [-0.2, 0) is 16.0 Å². The molecule has 2 aromatic rings. The van der Waals surface area contributed by atoms with Crippen LogP contribution in [0.5, 0.6) is 0 Å². The summed E-state index contributed by atoms with van der Waals surface area (Å²) in [6.07, 6.45) is 1.19. The number of fused-ring (bicyclic) bond motifs is 3. The Morgan fingerprint density at radius 2 is 1.18 bits per heavy atom. The van der Waals surface area contributed by atoms with Crippen LogP contribution in [0.3, 0.4) is 0 Å². The lowest BCUT2D eigenvalue weighted by Gasteiger charge is -1.98. The molecule has 2 aromatic carbocycles. The molecule has 0 aliphatic heterocycles. The summed E-state index contributed by atoms with van der Waals surface area (Å²) in [5, 5.41) is 16.1. The van der Waals surface area contributed by atoms with Crippen molar-refractivity contribution in [2.75, 3.05) is 0 Å². The Morgan fingerprint density at radius 1 is 0.773 bits per heavy atom. The van der Waals surface area contributed by atoms with Gasteiger partial charge in [0.2, 0.25) is 0 Å². The van der Waals surface area contributed by atoms with Gasteiger partial charge >= 0.3 is 11.9 Å². The number of carboxylic acid groups (broad SMARTS) is 2. The highest BCUT2D eigenvalue weighted by Crippen LogP contribution is 2.35. The summed E-state index contributed by atoms with van der Waals surface area (Å²) in [7, 11) is 0. The molecule has 1 aliphatic carbocycles. The second-order valence-corrected chi connectivity index (χ2v) is 5.13. The van der Waals surface area contributed by atoms with Gasteiger partial charge < -0.3 is 10.2 Å². The minimum atomic E-state index is -0.948. The first-order valence-corrected chi connectivity index (χ1v) is 7.17. The van der Waals surface area contributed by atoms with Gasteiger partial charge in [-0.3, -0.25) is 9.59 Å². The molecule has 0 fully saturated rings. The van der Waals surface area contributed by atoms with Gasteiger partial charge in [0, 0.05) is 12.8 Å². The monoisotopic (exact) mass is 298 g/mol. The van der Waals surface area contributed by atoms with E-state index < -0.39 is 11.9 Å². The molecule has 4 heteroatoms. The molecule has 0 atom stereocenters. The number of carbonyl (C=O) groups is 2. The Bertz CT molecular complexity index is 619. The highest BCUT2D eigenvalue weighted by molar-refractivity contribution is 5.76. The van der Waals surface area contributed by atoms with Crippen molar-refractivity contribution in [3.05, 3.63) is 59.7 Å². The van der Waals surface area contributed by atoms with E-state index in [4.69, 9.17) is 10.2 Å². The average molecular weight is 298 g/mol. The minimum absolute atomic E-state index is 0.0632. The first-order chi connectivity index (χ1) is 10.6. The molecular formula is C18H18O4. The Kier molecular flexibility index (Phi) is 5.31. The van der Waals surface area contributed by atoms with E-state index in [2.05, 4.69) is 48.5 Å². The van der Waals surface area contributed by atoms with E-state index in [-0.39, 0.29) is 19.3 Å². The van der Waals surface area contributed by atoms with E-state index >= 15 is 0 Å². The fourth-order valence-corrected chi connectivity index (χ4v) is 2.47. The second kappa shape index (κ2) is 7.41. The van der Waals surface area contributed by atoms with Gasteiger partial charge in [0.1, 0.15) is 0 Å². The van der Waals surface area contributed by atoms with Gasteiger partial charge in [0.05, 0.1) is 0 Å². The Balaban J connectivity index is 0.000000175. The molecule has 0 bridgehead atoms. The van der Waals surface area contributed by atoms with Crippen molar-refractivity contribution < 1.29 is 19.8 Å². The lowest BCUT2D eigenvalue weighted by Crippen LogP contribution is -1.98.